The predicted octanol–water partition coefficient (Wildman–Crippen LogP) is 5.08. The van der Waals surface area contributed by atoms with E-state index in [1.807, 2.05) is 0 Å². The summed E-state index contributed by atoms with van der Waals surface area (Å²) in [6.07, 6.45) is 2.95. The molecule has 4 aromatic rings. The first-order valence-electron chi connectivity index (χ1n) is 8.08. The normalized spacial score (nSPS) is 11.5. The molecule has 0 fully saturated rings. The van der Waals surface area contributed by atoms with Crippen molar-refractivity contribution in [1.29, 1.82) is 0 Å². The van der Waals surface area contributed by atoms with E-state index in [1.165, 1.54) is 37.9 Å². The van der Waals surface area contributed by atoms with Gasteiger partial charge in [-0.25, -0.2) is 0 Å². The zero-order chi connectivity index (χ0) is 15.6. The van der Waals surface area contributed by atoms with Gasteiger partial charge in [0.05, 0.1) is 6.61 Å². The molecule has 0 aromatic heterocycles. The van der Waals surface area contributed by atoms with Crippen molar-refractivity contribution in [2.45, 2.75) is 19.3 Å². The van der Waals surface area contributed by atoms with E-state index in [4.69, 9.17) is 4.74 Å². The molecule has 0 unspecified atom stereocenters. The molecule has 23 heavy (non-hydrogen) atoms. The molecule has 0 heterocycles. The molecular formula is C21H18O2. The number of hydrogen-bond acceptors (Lipinski definition) is 2. The van der Waals surface area contributed by atoms with E-state index in [9.17, 15) is 4.79 Å². The first kappa shape index (κ1) is 14.0. The van der Waals surface area contributed by atoms with Crippen LogP contribution in [0.15, 0.2) is 54.6 Å². The Bertz CT molecular complexity index is 908. The summed E-state index contributed by atoms with van der Waals surface area (Å²) in [6, 6.07) is 20.0. The largest absolute Gasteiger partial charge is 0.468 e. The Morgan fingerprint density at radius 1 is 0.783 bits per heavy atom. The maximum atomic E-state index is 10.2. The van der Waals surface area contributed by atoms with Gasteiger partial charge in [-0.3, -0.25) is 4.79 Å². The molecule has 2 nitrogen and oxygen atoms in total. The molecule has 0 aliphatic carbocycles. The summed E-state index contributed by atoms with van der Waals surface area (Å²) < 4.78 is 4.75. The van der Waals surface area contributed by atoms with E-state index in [2.05, 4.69) is 54.6 Å². The Balaban J connectivity index is 1.73. The highest BCUT2D eigenvalue weighted by Gasteiger charge is 2.08. The second-order valence-electron chi connectivity index (χ2n) is 6.05. The van der Waals surface area contributed by atoms with Crippen LogP contribution in [-0.4, -0.2) is 13.1 Å². The van der Waals surface area contributed by atoms with E-state index in [0.29, 0.717) is 13.1 Å². The number of ether oxygens (including phenoxy) is 1. The third-order valence-electron chi connectivity index (χ3n) is 4.57. The number of aryl methyl sites for hydroxylation is 1. The summed E-state index contributed by atoms with van der Waals surface area (Å²) in [5.41, 5.74) is 1.35. The van der Waals surface area contributed by atoms with E-state index >= 15 is 0 Å². The average Bonchev–Trinajstić information content (AvgIpc) is 2.59. The van der Waals surface area contributed by atoms with Gasteiger partial charge in [-0.15, -0.1) is 0 Å². The fourth-order valence-corrected chi connectivity index (χ4v) is 3.53. The minimum atomic E-state index is 0.512. The quantitative estimate of drug-likeness (QED) is 0.282. The molecule has 4 aromatic carbocycles. The van der Waals surface area contributed by atoms with Crippen molar-refractivity contribution in [3.05, 3.63) is 60.2 Å². The van der Waals surface area contributed by atoms with Crippen molar-refractivity contribution < 1.29 is 9.53 Å². The van der Waals surface area contributed by atoms with Gasteiger partial charge in [-0.2, -0.15) is 0 Å². The SMILES string of the molecule is O=COCCCCc1cc2ccc3cccc4ccc(c1)c2c34. The summed E-state index contributed by atoms with van der Waals surface area (Å²) in [4.78, 5) is 10.2. The van der Waals surface area contributed by atoms with E-state index in [0.717, 1.165) is 19.3 Å². The topological polar surface area (TPSA) is 26.3 Å². The summed E-state index contributed by atoms with van der Waals surface area (Å²) in [5.74, 6) is 0. The standard InChI is InChI=1S/C21H18O2/c22-14-23-11-2-1-4-15-12-18-9-7-16-5-3-6-17-8-10-19(13-15)21(18)20(16)17/h3,5-10,12-14H,1-2,4,11H2. The Labute approximate surface area is 135 Å². The second kappa shape index (κ2) is 5.88. The molecule has 0 aliphatic heterocycles. The molecule has 0 atom stereocenters. The van der Waals surface area contributed by atoms with Gasteiger partial charge in [0.1, 0.15) is 0 Å². The van der Waals surface area contributed by atoms with Crippen LogP contribution in [0.4, 0.5) is 0 Å². The van der Waals surface area contributed by atoms with Gasteiger partial charge in [0.25, 0.3) is 6.47 Å². The van der Waals surface area contributed by atoms with E-state index < -0.39 is 0 Å². The number of hydrogen-bond donors (Lipinski definition) is 0. The monoisotopic (exact) mass is 302 g/mol. The number of carbonyl (C=O) groups is 1. The smallest absolute Gasteiger partial charge is 0.293 e. The van der Waals surface area contributed by atoms with Crippen molar-refractivity contribution in [2.24, 2.45) is 0 Å². The lowest BCUT2D eigenvalue weighted by atomic mass is 9.92. The first-order chi connectivity index (χ1) is 11.4. The van der Waals surface area contributed by atoms with Gasteiger partial charge in [-0.1, -0.05) is 54.6 Å². The van der Waals surface area contributed by atoms with Crippen LogP contribution in [0, 0.1) is 0 Å². The molecule has 114 valence electrons. The van der Waals surface area contributed by atoms with Crippen LogP contribution in [0.25, 0.3) is 32.3 Å². The lowest BCUT2D eigenvalue weighted by Gasteiger charge is -2.12. The third kappa shape index (κ3) is 2.50. The summed E-state index contributed by atoms with van der Waals surface area (Å²) in [7, 11) is 0. The summed E-state index contributed by atoms with van der Waals surface area (Å²) in [5, 5.41) is 7.97. The Morgan fingerprint density at radius 3 is 2.04 bits per heavy atom. The highest BCUT2D eigenvalue weighted by atomic mass is 16.5. The van der Waals surface area contributed by atoms with Crippen LogP contribution in [0.5, 0.6) is 0 Å². The maximum absolute atomic E-state index is 10.2. The molecule has 0 bridgehead atoms. The van der Waals surface area contributed by atoms with Crippen LogP contribution < -0.4 is 0 Å². The van der Waals surface area contributed by atoms with Crippen LogP contribution in [-0.2, 0) is 16.0 Å². The molecule has 0 aliphatic rings. The van der Waals surface area contributed by atoms with Gasteiger partial charge in [0.15, 0.2) is 0 Å². The Morgan fingerprint density at radius 2 is 1.39 bits per heavy atom. The van der Waals surface area contributed by atoms with Crippen molar-refractivity contribution in [3.63, 3.8) is 0 Å². The third-order valence-corrected chi connectivity index (χ3v) is 4.57. The van der Waals surface area contributed by atoms with Crippen LogP contribution >= 0.6 is 0 Å². The van der Waals surface area contributed by atoms with E-state index in [1.54, 1.807) is 0 Å². The molecule has 4 rings (SSSR count). The van der Waals surface area contributed by atoms with Crippen LogP contribution in [0.3, 0.4) is 0 Å². The summed E-state index contributed by atoms with van der Waals surface area (Å²) >= 11 is 0. The number of rotatable bonds is 6. The second-order valence-corrected chi connectivity index (χ2v) is 6.05. The Hall–Kier alpha value is -2.61. The van der Waals surface area contributed by atoms with Gasteiger partial charge in [0, 0.05) is 0 Å². The van der Waals surface area contributed by atoms with Crippen molar-refractivity contribution in [3.8, 4) is 0 Å². The predicted molar refractivity (Wildman–Crippen MR) is 95.1 cm³/mol. The Kier molecular flexibility index (Phi) is 3.58. The molecule has 0 saturated heterocycles. The lowest BCUT2D eigenvalue weighted by molar-refractivity contribution is -0.128. The summed E-state index contributed by atoms with van der Waals surface area (Å²) in [6.45, 7) is 1.03. The van der Waals surface area contributed by atoms with Gasteiger partial charge >= 0.3 is 0 Å². The van der Waals surface area contributed by atoms with Crippen molar-refractivity contribution in [1.82, 2.24) is 0 Å². The van der Waals surface area contributed by atoms with Crippen LogP contribution in [0.1, 0.15) is 18.4 Å². The van der Waals surface area contributed by atoms with E-state index in [-0.39, 0.29) is 0 Å². The number of carbonyl (C=O) groups excluding carboxylic acids is 1. The highest BCUT2D eigenvalue weighted by Crippen LogP contribution is 2.35. The van der Waals surface area contributed by atoms with Gasteiger partial charge in [0.2, 0.25) is 0 Å². The zero-order valence-corrected chi connectivity index (χ0v) is 12.9. The van der Waals surface area contributed by atoms with Gasteiger partial charge < -0.3 is 4.74 Å². The first-order valence-corrected chi connectivity index (χ1v) is 8.08. The van der Waals surface area contributed by atoms with Gasteiger partial charge in [-0.05, 0) is 57.1 Å². The minimum absolute atomic E-state index is 0.512. The number of unbranched alkanes of at least 4 members (excludes halogenated alkanes) is 1. The molecule has 0 radical (unpaired) electrons. The molecular weight excluding hydrogens is 284 g/mol. The molecule has 2 heteroatoms. The molecule has 0 amide bonds. The maximum Gasteiger partial charge on any atom is 0.293 e. The zero-order valence-electron chi connectivity index (χ0n) is 12.9. The fourth-order valence-electron chi connectivity index (χ4n) is 3.53. The molecule has 0 N–H and O–H groups in total. The van der Waals surface area contributed by atoms with Crippen molar-refractivity contribution >= 4 is 38.8 Å². The molecule has 0 saturated carbocycles. The molecule has 0 spiro atoms. The minimum Gasteiger partial charge on any atom is -0.468 e. The average molecular weight is 302 g/mol. The van der Waals surface area contributed by atoms with Crippen LogP contribution in [0.2, 0.25) is 0 Å². The lowest BCUT2D eigenvalue weighted by Crippen LogP contribution is -1.94. The highest BCUT2D eigenvalue weighted by molar-refractivity contribution is 6.23. The van der Waals surface area contributed by atoms with Crippen molar-refractivity contribution in [2.75, 3.05) is 6.61 Å². The number of benzene rings is 4. The fraction of sp³-hybridized carbons (Fsp3) is 0.190.